The van der Waals surface area contributed by atoms with E-state index in [9.17, 15) is 29.1 Å². The van der Waals surface area contributed by atoms with Crippen LogP contribution in [0.2, 0.25) is 0 Å². The highest BCUT2D eigenvalue weighted by Crippen LogP contribution is 2.07. The summed E-state index contributed by atoms with van der Waals surface area (Å²) < 4.78 is 0. The van der Waals surface area contributed by atoms with E-state index in [4.69, 9.17) is 22.3 Å². The zero-order valence-corrected chi connectivity index (χ0v) is 19.0. The highest BCUT2D eigenvalue weighted by Gasteiger charge is 2.30. The van der Waals surface area contributed by atoms with Crippen LogP contribution in [0.15, 0.2) is 0 Å². The zero-order valence-electron chi connectivity index (χ0n) is 19.0. The summed E-state index contributed by atoms with van der Waals surface area (Å²) in [7, 11) is 0. The highest BCUT2D eigenvalue weighted by atomic mass is 16.4. The minimum absolute atomic E-state index is 0.129. The third-order valence-corrected chi connectivity index (χ3v) is 4.83. The second kappa shape index (κ2) is 16.8. The van der Waals surface area contributed by atoms with Gasteiger partial charge in [-0.2, -0.15) is 0 Å². The summed E-state index contributed by atoms with van der Waals surface area (Å²) in [6.45, 7) is 2.21. The van der Waals surface area contributed by atoms with Crippen molar-refractivity contribution < 1.29 is 34.2 Å². The molecule has 190 valence electrons. The fraction of sp³-hybridized carbons (Fsp3) is 0.750. The number of aliphatic carboxylic acids is 2. The lowest BCUT2D eigenvalue weighted by Gasteiger charge is -2.25. The number of hydrogen-bond acceptors (Lipinski definition) is 8. The Labute approximate surface area is 193 Å². The van der Waals surface area contributed by atoms with Crippen LogP contribution < -0.4 is 33.2 Å². The number of unbranched alkanes of at least 4 members (excludes halogenated alkanes) is 2. The average Bonchev–Trinajstić information content (AvgIpc) is 2.74. The molecule has 0 heterocycles. The van der Waals surface area contributed by atoms with Gasteiger partial charge >= 0.3 is 11.9 Å². The molecular formula is C20H38N6O7. The first-order valence-corrected chi connectivity index (χ1v) is 11.0. The van der Waals surface area contributed by atoms with Crippen LogP contribution >= 0.6 is 0 Å². The lowest BCUT2D eigenvalue weighted by molar-refractivity contribution is -0.143. The summed E-state index contributed by atoms with van der Waals surface area (Å²) >= 11 is 0. The zero-order chi connectivity index (χ0) is 25.4. The number of carboxylic acid groups (broad SMARTS) is 2. The molecule has 13 heteroatoms. The molecule has 4 atom stereocenters. The molecule has 0 aromatic heterocycles. The van der Waals surface area contributed by atoms with Gasteiger partial charge in [-0.05, 0) is 65.0 Å². The monoisotopic (exact) mass is 474 g/mol. The van der Waals surface area contributed by atoms with Gasteiger partial charge in [0.1, 0.15) is 18.1 Å². The van der Waals surface area contributed by atoms with Crippen molar-refractivity contribution in [1.82, 2.24) is 16.0 Å². The molecule has 0 bridgehead atoms. The Morgan fingerprint density at radius 3 is 1.55 bits per heavy atom. The predicted molar refractivity (Wildman–Crippen MR) is 120 cm³/mol. The molecule has 33 heavy (non-hydrogen) atoms. The first kappa shape index (κ1) is 30.2. The normalized spacial score (nSPS) is 14.4. The lowest BCUT2D eigenvalue weighted by atomic mass is 10.0. The maximum Gasteiger partial charge on any atom is 0.326 e. The van der Waals surface area contributed by atoms with Crippen LogP contribution in [-0.4, -0.2) is 77.1 Å². The molecule has 0 saturated heterocycles. The Balaban J connectivity index is 5.42. The quantitative estimate of drug-likeness (QED) is 0.102. The molecule has 0 aliphatic rings. The van der Waals surface area contributed by atoms with E-state index >= 15 is 0 Å². The molecule has 0 aromatic carbocycles. The van der Waals surface area contributed by atoms with E-state index in [2.05, 4.69) is 16.0 Å². The first-order chi connectivity index (χ1) is 15.5. The van der Waals surface area contributed by atoms with Gasteiger partial charge in [-0.1, -0.05) is 0 Å². The van der Waals surface area contributed by atoms with Gasteiger partial charge in [0.15, 0.2) is 0 Å². The van der Waals surface area contributed by atoms with Crippen LogP contribution in [0.5, 0.6) is 0 Å². The molecule has 0 fully saturated rings. The summed E-state index contributed by atoms with van der Waals surface area (Å²) in [5, 5.41) is 25.6. The van der Waals surface area contributed by atoms with Gasteiger partial charge in [0, 0.05) is 6.42 Å². The third kappa shape index (κ3) is 13.4. The van der Waals surface area contributed by atoms with Crippen LogP contribution in [0.3, 0.4) is 0 Å². The molecule has 0 radical (unpaired) electrons. The average molecular weight is 475 g/mol. The van der Waals surface area contributed by atoms with Crippen molar-refractivity contribution in [3.05, 3.63) is 0 Å². The smallest absolute Gasteiger partial charge is 0.326 e. The van der Waals surface area contributed by atoms with E-state index in [0.29, 0.717) is 38.8 Å². The fourth-order valence-corrected chi connectivity index (χ4v) is 2.90. The van der Waals surface area contributed by atoms with Crippen LogP contribution in [0.25, 0.3) is 0 Å². The van der Waals surface area contributed by atoms with Crippen molar-refractivity contribution in [2.24, 2.45) is 17.2 Å². The third-order valence-electron chi connectivity index (χ3n) is 4.83. The molecule has 3 amide bonds. The molecule has 0 aliphatic carbocycles. The molecular weight excluding hydrogens is 436 g/mol. The Morgan fingerprint density at radius 2 is 1.12 bits per heavy atom. The lowest BCUT2D eigenvalue weighted by Crippen LogP contribution is -2.57. The van der Waals surface area contributed by atoms with Crippen molar-refractivity contribution in [3.63, 3.8) is 0 Å². The van der Waals surface area contributed by atoms with Crippen LogP contribution in [-0.2, 0) is 24.0 Å². The van der Waals surface area contributed by atoms with E-state index in [-0.39, 0.29) is 19.3 Å². The van der Waals surface area contributed by atoms with Gasteiger partial charge in [-0.3, -0.25) is 19.2 Å². The van der Waals surface area contributed by atoms with Gasteiger partial charge in [0.2, 0.25) is 17.7 Å². The van der Waals surface area contributed by atoms with Crippen molar-refractivity contribution in [2.75, 3.05) is 13.1 Å². The number of rotatable bonds is 18. The number of carbonyl (C=O) groups is 5. The molecule has 0 aromatic rings. The van der Waals surface area contributed by atoms with E-state index in [1.54, 1.807) is 0 Å². The summed E-state index contributed by atoms with van der Waals surface area (Å²) in [5.41, 5.74) is 16.4. The van der Waals surface area contributed by atoms with Crippen molar-refractivity contribution in [1.29, 1.82) is 0 Å². The molecule has 11 N–H and O–H groups in total. The number of amides is 3. The number of nitrogens with two attached hydrogens (primary N) is 3. The largest absolute Gasteiger partial charge is 0.481 e. The molecule has 0 aliphatic heterocycles. The Morgan fingerprint density at radius 1 is 0.697 bits per heavy atom. The minimum atomic E-state index is -1.31. The Kier molecular flexibility index (Phi) is 15.4. The van der Waals surface area contributed by atoms with Crippen molar-refractivity contribution in [2.45, 2.75) is 82.5 Å². The number of carboxylic acids is 2. The van der Waals surface area contributed by atoms with E-state index in [1.165, 1.54) is 6.92 Å². The summed E-state index contributed by atoms with van der Waals surface area (Å²) in [5.74, 6) is -4.55. The topological polar surface area (TPSA) is 240 Å². The van der Waals surface area contributed by atoms with E-state index in [1.807, 2.05) is 0 Å². The standard InChI is InChI=1S/C20H38N6O7/c1-12(23)17(29)24-13(6-2-4-10-21)18(30)25-14(8-9-16(27)28)19(31)26-15(20(32)33)7-3-5-11-22/h12-15H,2-11,21-23H2,1H3,(H,24,29)(H,25,30)(H,26,31)(H,27,28)(H,32,33). The maximum atomic E-state index is 12.8. The molecule has 4 unspecified atom stereocenters. The Bertz CT molecular complexity index is 659. The predicted octanol–water partition coefficient (Wildman–Crippen LogP) is -2.00. The fourth-order valence-electron chi connectivity index (χ4n) is 2.90. The number of hydrogen-bond donors (Lipinski definition) is 8. The summed E-state index contributed by atoms with van der Waals surface area (Å²) in [6.07, 6.45) is 1.81. The van der Waals surface area contributed by atoms with Crippen LogP contribution in [0.4, 0.5) is 0 Å². The van der Waals surface area contributed by atoms with Crippen LogP contribution in [0, 0.1) is 0 Å². The molecule has 0 saturated carbocycles. The number of nitrogens with one attached hydrogen (secondary N) is 3. The van der Waals surface area contributed by atoms with Crippen molar-refractivity contribution in [3.8, 4) is 0 Å². The van der Waals surface area contributed by atoms with Gasteiger partial charge in [-0.15, -0.1) is 0 Å². The van der Waals surface area contributed by atoms with Gasteiger partial charge < -0.3 is 43.4 Å². The Hall–Kier alpha value is -2.77. The van der Waals surface area contributed by atoms with Gasteiger partial charge in [-0.25, -0.2) is 4.79 Å². The van der Waals surface area contributed by atoms with E-state index < -0.39 is 60.2 Å². The van der Waals surface area contributed by atoms with Gasteiger partial charge in [0.25, 0.3) is 0 Å². The minimum Gasteiger partial charge on any atom is -0.481 e. The van der Waals surface area contributed by atoms with Crippen molar-refractivity contribution >= 4 is 29.7 Å². The second-order valence-electron chi connectivity index (χ2n) is 7.81. The summed E-state index contributed by atoms with van der Waals surface area (Å²) in [6, 6.07) is -4.42. The molecule has 0 spiro atoms. The van der Waals surface area contributed by atoms with E-state index in [0.717, 1.165) is 0 Å². The van der Waals surface area contributed by atoms with Crippen LogP contribution in [0.1, 0.15) is 58.3 Å². The summed E-state index contributed by atoms with van der Waals surface area (Å²) in [4.78, 5) is 60.0. The SMILES string of the molecule is CC(N)C(=O)NC(CCCCN)C(=O)NC(CCC(=O)O)C(=O)NC(CCCCN)C(=O)O. The second-order valence-corrected chi connectivity index (χ2v) is 7.81. The highest BCUT2D eigenvalue weighted by molar-refractivity contribution is 5.94. The molecule has 0 rings (SSSR count). The maximum absolute atomic E-state index is 12.8. The number of carbonyl (C=O) groups excluding carboxylic acids is 3. The van der Waals surface area contributed by atoms with Gasteiger partial charge in [0.05, 0.1) is 6.04 Å². The first-order valence-electron chi connectivity index (χ1n) is 11.0. The molecule has 13 nitrogen and oxygen atoms in total.